The fourth-order valence-corrected chi connectivity index (χ4v) is 10.2. The second kappa shape index (κ2) is 17.0. The van der Waals surface area contributed by atoms with Crippen molar-refractivity contribution in [3.05, 3.63) is 242 Å². The van der Waals surface area contributed by atoms with E-state index in [1.807, 2.05) is 0 Å². The van der Waals surface area contributed by atoms with Crippen molar-refractivity contribution in [3.8, 4) is 50.2 Å². The van der Waals surface area contributed by atoms with E-state index in [0.717, 1.165) is 39.4 Å². The molecule has 0 atom stereocenters. The minimum Gasteiger partial charge on any atom is -0.309 e. The lowest BCUT2D eigenvalue weighted by molar-refractivity contribution is 0.569. The van der Waals surface area contributed by atoms with Crippen LogP contribution in [0, 0.1) is 0 Å². The van der Waals surface area contributed by atoms with E-state index in [4.69, 9.17) is 0 Å². The maximum Gasteiger partial charge on any atom is 0.0541 e. The van der Waals surface area contributed by atoms with E-state index < -0.39 is 0 Å². The molecule has 0 aliphatic carbocycles. The molecule has 0 fully saturated rings. The Morgan fingerprint density at radius 2 is 0.809 bits per heavy atom. The Balaban J connectivity index is 1.20. The van der Waals surface area contributed by atoms with Gasteiger partial charge in [0.25, 0.3) is 0 Å². The molecule has 0 unspecified atom stereocenters. The first kappa shape index (κ1) is 42.7. The van der Waals surface area contributed by atoms with Crippen LogP contribution < -0.4 is 4.90 Å². The molecule has 0 saturated heterocycles. The molecule has 11 rings (SSSR count). The number of para-hydroxylation sites is 5. The van der Waals surface area contributed by atoms with Crippen molar-refractivity contribution < 1.29 is 0 Å². The van der Waals surface area contributed by atoms with Crippen LogP contribution in [0.1, 0.15) is 52.7 Å². The summed E-state index contributed by atoms with van der Waals surface area (Å²) in [6.07, 6.45) is 0. The average molecular weight is 877 g/mol. The highest BCUT2D eigenvalue weighted by Crippen LogP contribution is 2.50. The number of anilines is 3. The van der Waals surface area contributed by atoms with Crippen molar-refractivity contribution in [2.24, 2.45) is 0 Å². The first-order valence-corrected chi connectivity index (χ1v) is 23.9. The van der Waals surface area contributed by atoms with E-state index in [2.05, 4.69) is 282 Å². The molecule has 0 amide bonds. The van der Waals surface area contributed by atoms with Crippen LogP contribution in [0.2, 0.25) is 0 Å². The van der Waals surface area contributed by atoms with Gasteiger partial charge in [-0.05, 0) is 109 Å². The van der Waals surface area contributed by atoms with Crippen LogP contribution in [0.5, 0.6) is 0 Å². The van der Waals surface area contributed by atoms with E-state index >= 15 is 0 Å². The lowest BCUT2D eigenvalue weighted by Gasteiger charge is -2.32. The number of fused-ring (bicyclic) bond motifs is 4. The van der Waals surface area contributed by atoms with Crippen LogP contribution in [-0.4, -0.2) is 4.57 Å². The minimum absolute atomic E-state index is 0.0447. The summed E-state index contributed by atoms with van der Waals surface area (Å²) in [6.45, 7) is 13.9. The van der Waals surface area contributed by atoms with Gasteiger partial charge in [-0.25, -0.2) is 0 Å². The molecule has 0 saturated carbocycles. The first-order chi connectivity index (χ1) is 33.0. The molecule has 2 nitrogen and oxygen atoms in total. The molecular formula is C66H56N2. The van der Waals surface area contributed by atoms with Crippen molar-refractivity contribution in [2.75, 3.05) is 4.90 Å². The summed E-state index contributed by atoms with van der Waals surface area (Å²) >= 11 is 0. The largest absolute Gasteiger partial charge is 0.309 e. The van der Waals surface area contributed by atoms with E-state index in [1.165, 1.54) is 71.5 Å². The first-order valence-electron chi connectivity index (χ1n) is 23.9. The SMILES string of the molecule is CC(C)(C)c1cc(-c2ccccc2N(c2ccccc2-c2ccc3c(c2)c2ccccc2n3-c2ccccc2)c2ccccc2-c2cccc3cccc(-c4ccccc4)c23)cc(C(C)(C)C)c1. The summed E-state index contributed by atoms with van der Waals surface area (Å²) in [5.41, 5.74) is 18.9. The Hall–Kier alpha value is -7.94. The highest BCUT2D eigenvalue weighted by molar-refractivity contribution is 6.12. The van der Waals surface area contributed by atoms with Gasteiger partial charge in [0.2, 0.25) is 0 Å². The third-order valence-corrected chi connectivity index (χ3v) is 13.7. The average Bonchev–Trinajstić information content (AvgIpc) is 3.70. The molecule has 11 aromatic rings. The van der Waals surface area contributed by atoms with Gasteiger partial charge < -0.3 is 9.47 Å². The summed E-state index contributed by atoms with van der Waals surface area (Å²) in [6, 6.07) is 85.1. The fourth-order valence-electron chi connectivity index (χ4n) is 10.2. The van der Waals surface area contributed by atoms with E-state index in [0.29, 0.717) is 0 Å². The quantitative estimate of drug-likeness (QED) is 0.148. The Kier molecular flexibility index (Phi) is 10.7. The van der Waals surface area contributed by atoms with Gasteiger partial charge in [0.15, 0.2) is 0 Å². The normalized spacial score (nSPS) is 12.0. The second-order valence-electron chi connectivity index (χ2n) is 20.2. The van der Waals surface area contributed by atoms with Crippen LogP contribution in [-0.2, 0) is 10.8 Å². The number of nitrogens with zero attached hydrogens (tertiary/aromatic N) is 2. The molecule has 0 N–H and O–H groups in total. The maximum atomic E-state index is 2.54. The summed E-state index contributed by atoms with van der Waals surface area (Å²) in [7, 11) is 0. The summed E-state index contributed by atoms with van der Waals surface area (Å²) in [4.78, 5) is 2.54. The van der Waals surface area contributed by atoms with Gasteiger partial charge in [-0.15, -0.1) is 0 Å². The van der Waals surface area contributed by atoms with Crippen molar-refractivity contribution in [1.29, 1.82) is 0 Å². The predicted molar refractivity (Wildman–Crippen MR) is 292 cm³/mol. The molecule has 0 aliphatic heterocycles. The van der Waals surface area contributed by atoms with Gasteiger partial charge in [-0.2, -0.15) is 0 Å². The Morgan fingerprint density at radius 3 is 1.44 bits per heavy atom. The molecule has 1 aromatic heterocycles. The number of hydrogen-bond donors (Lipinski definition) is 0. The molecule has 0 radical (unpaired) electrons. The Bertz CT molecular complexity index is 3600. The molecule has 68 heavy (non-hydrogen) atoms. The smallest absolute Gasteiger partial charge is 0.0541 e. The molecule has 0 bridgehead atoms. The van der Waals surface area contributed by atoms with Gasteiger partial charge in [0.1, 0.15) is 0 Å². The van der Waals surface area contributed by atoms with Crippen molar-refractivity contribution >= 4 is 49.6 Å². The third-order valence-electron chi connectivity index (χ3n) is 13.7. The Morgan fingerprint density at radius 1 is 0.324 bits per heavy atom. The highest BCUT2D eigenvalue weighted by Gasteiger charge is 2.27. The predicted octanol–water partition coefficient (Wildman–Crippen LogP) is 18.7. The standard InChI is InChI=1S/C66H56N2/c1-65(2,3)49-41-48(42-50(44-49)66(4,5)6)53-30-14-18-36-60(53)68(62-38-20-15-31-55(62)57-34-22-26-46-25-21-33-54(64(46)57)45-23-9-7-10-24-45)59-35-17-13-29-52(59)47-39-40-63-58(43-47)56-32-16-19-37-61(56)67(63)51-27-11-8-12-28-51/h7-44H,1-6H3. The number of benzene rings is 10. The lowest BCUT2D eigenvalue weighted by Crippen LogP contribution is -2.17. The van der Waals surface area contributed by atoms with Crippen molar-refractivity contribution in [3.63, 3.8) is 0 Å². The van der Waals surface area contributed by atoms with E-state index in [-0.39, 0.29) is 10.8 Å². The highest BCUT2D eigenvalue weighted by atomic mass is 15.1. The van der Waals surface area contributed by atoms with Gasteiger partial charge >= 0.3 is 0 Å². The third kappa shape index (κ3) is 7.66. The second-order valence-corrected chi connectivity index (χ2v) is 20.2. The number of hydrogen-bond acceptors (Lipinski definition) is 1. The zero-order valence-corrected chi connectivity index (χ0v) is 39.8. The zero-order chi connectivity index (χ0) is 46.6. The van der Waals surface area contributed by atoms with Crippen LogP contribution in [0.3, 0.4) is 0 Å². The monoisotopic (exact) mass is 876 g/mol. The molecule has 1 heterocycles. The minimum atomic E-state index is -0.0447. The molecule has 0 aliphatic rings. The van der Waals surface area contributed by atoms with Gasteiger partial charge in [-0.3, -0.25) is 0 Å². The van der Waals surface area contributed by atoms with E-state index in [9.17, 15) is 0 Å². The summed E-state index contributed by atoms with van der Waals surface area (Å²) in [5, 5.41) is 4.91. The molecule has 0 spiro atoms. The van der Waals surface area contributed by atoms with Crippen LogP contribution in [0.15, 0.2) is 231 Å². The lowest BCUT2D eigenvalue weighted by atomic mass is 9.78. The molecule has 2 heteroatoms. The van der Waals surface area contributed by atoms with Crippen molar-refractivity contribution in [1.82, 2.24) is 4.57 Å². The number of rotatable bonds is 8. The molecule has 330 valence electrons. The maximum absolute atomic E-state index is 2.54. The van der Waals surface area contributed by atoms with Crippen LogP contribution in [0.4, 0.5) is 17.1 Å². The summed E-state index contributed by atoms with van der Waals surface area (Å²) < 4.78 is 2.39. The van der Waals surface area contributed by atoms with Gasteiger partial charge in [0, 0.05) is 33.2 Å². The molecular weight excluding hydrogens is 821 g/mol. The van der Waals surface area contributed by atoms with Crippen LogP contribution in [0.25, 0.3) is 82.8 Å². The summed E-state index contributed by atoms with van der Waals surface area (Å²) in [5.74, 6) is 0. The van der Waals surface area contributed by atoms with Gasteiger partial charge in [0.05, 0.1) is 28.1 Å². The van der Waals surface area contributed by atoms with Crippen molar-refractivity contribution in [2.45, 2.75) is 52.4 Å². The zero-order valence-electron chi connectivity index (χ0n) is 39.8. The van der Waals surface area contributed by atoms with Gasteiger partial charge in [-0.1, -0.05) is 224 Å². The Labute approximate surface area is 401 Å². The van der Waals surface area contributed by atoms with Crippen LogP contribution >= 0.6 is 0 Å². The topological polar surface area (TPSA) is 8.17 Å². The van der Waals surface area contributed by atoms with E-state index in [1.54, 1.807) is 0 Å². The fraction of sp³-hybridized carbons (Fsp3) is 0.121. The molecule has 10 aromatic carbocycles. The number of aromatic nitrogens is 1.